The second kappa shape index (κ2) is 8.45. The number of anilines is 1. The number of benzene rings is 1. The molecule has 0 spiro atoms. The Morgan fingerprint density at radius 3 is 2.78 bits per heavy atom. The largest absolute Gasteiger partial charge is 0.346 e. The van der Waals surface area contributed by atoms with E-state index in [2.05, 4.69) is 38.4 Å². The lowest BCUT2D eigenvalue weighted by Crippen LogP contribution is -2.45. The van der Waals surface area contributed by atoms with Crippen molar-refractivity contribution in [2.24, 2.45) is 0 Å². The Hall–Kier alpha value is -1.40. The predicted molar refractivity (Wildman–Crippen MR) is 95.4 cm³/mol. The van der Waals surface area contributed by atoms with Crippen molar-refractivity contribution >= 4 is 33.4 Å². The summed E-state index contributed by atoms with van der Waals surface area (Å²) in [4.78, 5) is 26.1. The van der Waals surface area contributed by atoms with Crippen molar-refractivity contribution in [1.82, 2.24) is 10.2 Å². The fourth-order valence-corrected chi connectivity index (χ4v) is 3.25. The lowest BCUT2D eigenvalue weighted by molar-refractivity contribution is -0.125. The van der Waals surface area contributed by atoms with E-state index in [1.807, 2.05) is 25.1 Å². The number of nitrogens with one attached hydrogen (secondary N) is 2. The van der Waals surface area contributed by atoms with Gasteiger partial charge < -0.3 is 10.6 Å². The predicted octanol–water partition coefficient (Wildman–Crippen LogP) is 2.69. The number of likely N-dealkylation sites (tertiary alicyclic amines) is 1. The summed E-state index contributed by atoms with van der Waals surface area (Å²) >= 11 is 3.39. The number of hydrogen-bond donors (Lipinski definition) is 2. The molecule has 1 aromatic carbocycles. The average molecular weight is 382 g/mol. The molecule has 1 aliphatic rings. The molecule has 1 saturated heterocycles. The van der Waals surface area contributed by atoms with E-state index in [1.54, 1.807) is 0 Å². The number of carbonyl (C=O) groups excluding carboxylic acids is 2. The summed E-state index contributed by atoms with van der Waals surface area (Å²) in [5, 5.41) is 5.52. The van der Waals surface area contributed by atoms with Crippen molar-refractivity contribution in [3.8, 4) is 0 Å². The molecule has 0 aliphatic carbocycles. The smallest absolute Gasteiger partial charge is 0.243 e. The van der Waals surface area contributed by atoms with Crippen molar-refractivity contribution in [1.29, 1.82) is 0 Å². The molecule has 2 rings (SSSR count). The van der Waals surface area contributed by atoms with E-state index < -0.39 is 0 Å². The third-order valence-corrected chi connectivity index (χ3v) is 4.69. The monoisotopic (exact) mass is 381 g/mol. The first kappa shape index (κ1) is 17.9. The highest BCUT2D eigenvalue weighted by Crippen LogP contribution is 2.19. The fraction of sp³-hybridized carbons (Fsp3) is 0.529. The number of hydrogen-bond acceptors (Lipinski definition) is 3. The maximum Gasteiger partial charge on any atom is 0.243 e. The fourth-order valence-electron chi connectivity index (χ4n) is 2.77. The standard InChI is InChI=1S/C17H24BrN3O2/c1-12-9-14(18)6-7-15(12)20-16(22)10-19-17(23)11-21-8-4-3-5-13(21)2/h6-7,9,13H,3-5,8,10-11H2,1-2H3,(H,19,23)(H,20,22). The van der Waals surface area contributed by atoms with Crippen molar-refractivity contribution in [2.75, 3.05) is 25.0 Å². The van der Waals surface area contributed by atoms with Gasteiger partial charge in [-0.15, -0.1) is 0 Å². The van der Waals surface area contributed by atoms with Gasteiger partial charge in [0.25, 0.3) is 0 Å². The van der Waals surface area contributed by atoms with E-state index in [0.29, 0.717) is 12.6 Å². The van der Waals surface area contributed by atoms with Crippen LogP contribution in [0.25, 0.3) is 0 Å². The molecule has 2 amide bonds. The zero-order chi connectivity index (χ0) is 16.8. The minimum atomic E-state index is -0.213. The normalized spacial score (nSPS) is 18.5. The molecule has 0 bridgehead atoms. The molecule has 0 radical (unpaired) electrons. The molecule has 1 aromatic rings. The highest BCUT2D eigenvalue weighted by molar-refractivity contribution is 9.10. The molecule has 6 heteroatoms. The number of halogens is 1. The molecular weight excluding hydrogens is 358 g/mol. The Kier molecular flexibility index (Phi) is 6.59. The van der Waals surface area contributed by atoms with Crippen LogP contribution in [-0.4, -0.2) is 42.4 Å². The van der Waals surface area contributed by atoms with E-state index in [0.717, 1.165) is 35.1 Å². The Morgan fingerprint density at radius 1 is 1.30 bits per heavy atom. The lowest BCUT2D eigenvalue weighted by Gasteiger charge is -2.32. The molecule has 1 unspecified atom stereocenters. The van der Waals surface area contributed by atoms with Gasteiger partial charge in [-0.3, -0.25) is 14.5 Å². The van der Waals surface area contributed by atoms with Crippen molar-refractivity contribution in [3.63, 3.8) is 0 Å². The van der Waals surface area contributed by atoms with Crippen molar-refractivity contribution in [2.45, 2.75) is 39.2 Å². The first-order valence-corrected chi connectivity index (χ1v) is 8.82. The molecule has 5 nitrogen and oxygen atoms in total. The molecule has 1 fully saturated rings. The summed E-state index contributed by atoms with van der Waals surface area (Å²) in [6.07, 6.45) is 3.51. The van der Waals surface area contributed by atoms with Gasteiger partial charge in [0.2, 0.25) is 11.8 Å². The van der Waals surface area contributed by atoms with Gasteiger partial charge in [-0.05, 0) is 57.0 Å². The van der Waals surface area contributed by atoms with Gasteiger partial charge in [-0.25, -0.2) is 0 Å². The molecular formula is C17H24BrN3O2. The van der Waals surface area contributed by atoms with Gasteiger partial charge >= 0.3 is 0 Å². The van der Waals surface area contributed by atoms with Gasteiger partial charge in [-0.1, -0.05) is 22.4 Å². The highest BCUT2D eigenvalue weighted by Gasteiger charge is 2.20. The van der Waals surface area contributed by atoms with Gasteiger partial charge in [0.05, 0.1) is 13.1 Å². The second-order valence-corrected chi connectivity index (χ2v) is 7.02. The van der Waals surface area contributed by atoms with Crippen LogP contribution in [0.4, 0.5) is 5.69 Å². The van der Waals surface area contributed by atoms with Crippen LogP contribution in [0.15, 0.2) is 22.7 Å². The lowest BCUT2D eigenvalue weighted by atomic mass is 10.0. The van der Waals surface area contributed by atoms with Gasteiger partial charge in [0, 0.05) is 16.2 Å². The number of aryl methyl sites for hydroxylation is 1. The molecule has 0 saturated carbocycles. The van der Waals surface area contributed by atoms with Crippen molar-refractivity contribution in [3.05, 3.63) is 28.2 Å². The van der Waals surface area contributed by atoms with Crippen LogP contribution < -0.4 is 10.6 Å². The van der Waals surface area contributed by atoms with Gasteiger partial charge in [0.1, 0.15) is 0 Å². The minimum absolute atomic E-state index is 0.00341. The summed E-state index contributed by atoms with van der Waals surface area (Å²) in [6.45, 7) is 5.40. The highest BCUT2D eigenvalue weighted by atomic mass is 79.9. The van der Waals surface area contributed by atoms with Gasteiger partial charge in [0.15, 0.2) is 0 Å². The molecule has 1 heterocycles. The SMILES string of the molecule is Cc1cc(Br)ccc1NC(=O)CNC(=O)CN1CCCCC1C. The molecule has 0 aromatic heterocycles. The first-order valence-electron chi connectivity index (χ1n) is 8.02. The zero-order valence-corrected chi connectivity index (χ0v) is 15.3. The van der Waals surface area contributed by atoms with Crippen LogP contribution in [0.5, 0.6) is 0 Å². The quantitative estimate of drug-likeness (QED) is 0.823. The van der Waals surface area contributed by atoms with Crippen LogP contribution in [0.2, 0.25) is 0 Å². The number of carbonyl (C=O) groups is 2. The molecule has 1 aliphatic heterocycles. The van der Waals surface area contributed by atoms with E-state index in [-0.39, 0.29) is 18.4 Å². The molecule has 2 N–H and O–H groups in total. The Bertz CT molecular complexity index is 577. The van der Waals surface area contributed by atoms with E-state index in [1.165, 1.54) is 6.42 Å². The van der Waals surface area contributed by atoms with E-state index in [9.17, 15) is 9.59 Å². The van der Waals surface area contributed by atoms with E-state index in [4.69, 9.17) is 0 Å². The van der Waals surface area contributed by atoms with Crippen LogP contribution >= 0.6 is 15.9 Å². The van der Waals surface area contributed by atoms with Crippen LogP contribution in [-0.2, 0) is 9.59 Å². The summed E-state index contributed by atoms with van der Waals surface area (Å²) in [7, 11) is 0. The summed E-state index contributed by atoms with van der Waals surface area (Å²) in [5.74, 6) is -0.308. The zero-order valence-electron chi connectivity index (χ0n) is 13.7. The topological polar surface area (TPSA) is 61.4 Å². The maximum atomic E-state index is 12.0. The molecule has 1 atom stereocenters. The average Bonchev–Trinajstić information content (AvgIpc) is 2.50. The number of rotatable bonds is 5. The van der Waals surface area contributed by atoms with Crippen LogP contribution in [0.3, 0.4) is 0 Å². The maximum absolute atomic E-state index is 12.0. The number of nitrogens with zero attached hydrogens (tertiary/aromatic N) is 1. The van der Waals surface area contributed by atoms with Crippen LogP contribution in [0, 0.1) is 6.92 Å². The Balaban J connectivity index is 1.76. The molecule has 23 heavy (non-hydrogen) atoms. The third kappa shape index (κ3) is 5.62. The molecule has 126 valence electrons. The van der Waals surface area contributed by atoms with Gasteiger partial charge in [-0.2, -0.15) is 0 Å². The third-order valence-electron chi connectivity index (χ3n) is 4.20. The Morgan fingerprint density at radius 2 is 2.09 bits per heavy atom. The minimum Gasteiger partial charge on any atom is -0.346 e. The second-order valence-electron chi connectivity index (χ2n) is 6.10. The summed E-state index contributed by atoms with van der Waals surface area (Å²) < 4.78 is 0.969. The number of piperidine rings is 1. The van der Waals surface area contributed by atoms with Crippen molar-refractivity contribution < 1.29 is 9.59 Å². The summed E-state index contributed by atoms with van der Waals surface area (Å²) in [6, 6.07) is 6.09. The first-order chi connectivity index (χ1) is 11.0. The Labute approximate surface area is 145 Å². The van der Waals surface area contributed by atoms with E-state index >= 15 is 0 Å². The summed E-state index contributed by atoms with van der Waals surface area (Å²) in [5.41, 5.74) is 1.73. The number of amides is 2. The van der Waals surface area contributed by atoms with Crippen LogP contribution in [0.1, 0.15) is 31.7 Å².